The van der Waals surface area contributed by atoms with Crippen molar-refractivity contribution in [2.75, 3.05) is 16.8 Å². The van der Waals surface area contributed by atoms with Gasteiger partial charge in [-0.3, -0.25) is 19.4 Å². The maximum absolute atomic E-state index is 12.9. The van der Waals surface area contributed by atoms with E-state index < -0.39 is 23.9 Å². The Kier molecular flexibility index (Phi) is 4.60. The number of anilines is 2. The maximum Gasteiger partial charge on any atom is 0.263 e. The Morgan fingerprint density at radius 1 is 1.04 bits per heavy atom. The molecule has 142 valence electrons. The highest BCUT2D eigenvalue weighted by molar-refractivity contribution is 6.25. The molecular weight excluding hydrogens is 358 g/mol. The first-order chi connectivity index (χ1) is 13.6. The molecule has 1 fully saturated rings. The van der Waals surface area contributed by atoms with Crippen LogP contribution in [0.3, 0.4) is 0 Å². The topological polar surface area (TPSA) is 94.4 Å². The van der Waals surface area contributed by atoms with E-state index >= 15 is 0 Å². The van der Waals surface area contributed by atoms with Crippen LogP contribution in [-0.4, -0.2) is 41.4 Å². The van der Waals surface area contributed by atoms with Crippen LogP contribution in [0, 0.1) is 0 Å². The average molecular weight is 377 g/mol. The molecule has 8 heteroatoms. The molecule has 1 saturated heterocycles. The Morgan fingerprint density at radius 3 is 2.43 bits per heavy atom. The number of nitrogens with zero attached hydrogens (tertiary/aromatic N) is 4. The standard InChI is InChI=1S/C20H19N5O3/c1-2-13-8-10-15(11-9-13)25-19(27)17-18(20(25)28)24(23-22-17)12-16(26)21-14-6-4-3-5-7-14/h3-11,17-18H,2,12H2,1H3,(H,21,26)/t17-,18-/m1/s1. The number of nitrogens with one attached hydrogen (secondary N) is 1. The SMILES string of the molecule is CCc1ccc(N2C(=O)[C@@H]3N=NN(CC(=O)Nc4ccccc4)[C@H]3C2=O)cc1. The van der Waals surface area contributed by atoms with Gasteiger partial charge < -0.3 is 5.32 Å². The number of imide groups is 1. The van der Waals surface area contributed by atoms with E-state index in [9.17, 15) is 14.4 Å². The molecule has 0 aromatic heterocycles. The molecule has 2 atom stereocenters. The van der Waals surface area contributed by atoms with Crippen molar-refractivity contribution in [3.8, 4) is 0 Å². The van der Waals surface area contributed by atoms with Gasteiger partial charge in [0.05, 0.1) is 5.69 Å². The minimum absolute atomic E-state index is 0.165. The van der Waals surface area contributed by atoms with Crippen LogP contribution in [-0.2, 0) is 20.8 Å². The van der Waals surface area contributed by atoms with Crippen molar-refractivity contribution >= 4 is 29.1 Å². The van der Waals surface area contributed by atoms with Crippen molar-refractivity contribution in [1.82, 2.24) is 5.01 Å². The molecule has 28 heavy (non-hydrogen) atoms. The molecule has 3 amide bonds. The molecule has 2 heterocycles. The van der Waals surface area contributed by atoms with Crippen LogP contribution in [0.5, 0.6) is 0 Å². The molecule has 2 aromatic carbocycles. The fourth-order valence-corrected chi connectivity index (χ4v) is 3.36. The molecule has 0 spiro atoms. The molecule has 1 N–H and O–H groups in total. The summed E-state index contributed by atoms with van der Waals surface area (Å²) in [6, 6.07) is 14.5. The predicted molar refractivity (Wildman–Crippen MR) is 103 cm³/mol. The highest BCUT2D eigenvalue weighted by Gasteiger charge is 2.55. The van der Waals surface area contributed by atoms with Crippen LogP contribution in [0.15, 0.2) is 64.9 Å². The van der Waals surface area contributed by atoms with E-state index in [2.05, 4.69) is 15.7 Å². The number of hydrogen-bond donors (Lipinski definition) is 1. The molecule has 2 aliphatic rings. The van der Waals surface area contributed by atoms with E-state index in [0.717, 1.165) is 16.9 Å². The molecule has 0 radical (unpaired) electrons. The van der Waals surface area contributed by atoms with Gasteiger partial charge in [-0.05, 0) is 36.2 Å². The molecule has 0 saturated carbocycles. The number of hydrogen-bond acceptors (Lipinski definition) is 6. The van der Waals surface area contributed by atoms with Gasteiger partial charge in [0.2, 0.25) is 5.91 Å². The normalized spacial score (nSPS) is 20.6. The Labute approximate surface area is 161 Å². The summed E-state index contributed by atoms with van der Waals surface area (Å²) in [7, 11) is 0. The summed E-state index contributed by atoms with van der Waals surface area (Å²) in [6.45, 7) is 1.87. The number of para-hydroxylation sites is 1. The van der Waals surface area contributed by atoms with Gasteiger partial charge in [-0.15, -0.1) is 0 Å². The lowest BCUT2D eigenvalue weighted by Crippen LogP contribution is -2.43. The second kappa shape index (κ2) is 7.22. The summed E-state index contributed by atoms with van der Waals surface area (Å²) in [5.41, 5.74) is 2.26. The smallest absolute Gasteiger partial charge is 0.263 e. The summed E-state index contributed by atoms with van der Waals surface area (Å²) >= 11 is 0. The van der Waals surface area contributed by atoms with E-state index in [1.807, 2.05) is 37.3 Å². The quantitative estimate of drug-likeness (QED) is 0.808. The second-order valence-corrected chi connectivity index (χ2v) is 6.64. The minimum Gasteiger partial charge on any atom is -0.324 e. The van der Waals surface area contributed by atoms with Crippen molar-refractivity contribution in [3.05, 3.63) is 60.2 Å². The van der Waals surface area contributed by atoms with Gasteiger partial charge in [-0.2, -0.15) is 5.11 Å². The van der Waals surface area contributed by atoms with Gasteiger partial charge >= 0.3 is 0 Å². The Bertz CT molecular complexity index is 942. The first-order valence-electron chi connectivity index (χ1n) is 9.07. The molecule has 0 bridgehead atoms. The summed E-state index contributed by atoms with van der Waals surface area (Å²) < 4.78 is 0. The largest absolute Gasteiger partial charge is 0.324 e. The van der Waals surface area contributed by atoms with E-state index in [1.54, 1.807) is 24.3 Å². The summed E-state index contributed by atoms with van der Waals surface area (Å²) in [6.07, 6.45) is 0.867. The van der Waals surface area contributed by atoms with Gasteiger partial charge in [-0.1, -0.05) is 42.5 Å². The third-order valence-electron chi connectivity index (χ3n) is 4.82. The highest BCUT2D eigenvalue weighted by atomic mass is 16.2. The van der Waals surface area contributed by atoms with Crippen molar-refractivity contribution < 1.29 is 14.4 Å². The van der Waals surface area contributed by atoms with Crippen molar-refractivity contribution in [2.24, 2.45) is 10.3 Å². The molecular formula is C20H19N5O3. The van der Waals surface area contributed by atoms with Crippen molar-refractivity contribution in [3.63, 3.8) is 0 Å². The monoisotopic (exact) mass is 377 g/mol. The molecule has 0 unspecified atom stereocenters. The predicted octanol–water partition coefficient (Wildman–Crippen LogP) is 2.18. The Balaban J connectivity index is 1.48. The Morgan fingerprint density at radius 2 is 1.75 bits per heavy atom. The van der Waals surface area contributed by atoms with E-state index in [-0.39, 0.29) is 12.5 Å². The van der Waals surface area contributed by atoms with E-state index in [1.165, 1.54) is 5.01 Å². The summed E-state index contributed by atoms with van der Waals surface area (Å²) in [5, 5.41) is 11.8. The van der Waals surface area contributed by atoms with Crippen molar-refractivity contribution in [1.29, 1.82) is 0 Å². The number of carbonyl (C=O) groups is 3. The summed E-state index contributed by atoms with van der Waals surface area (Å²) in [4.78, 5) is 39.0. The van der Waals surface area contributed by atoms with E-state index in [4.69, 9.17) is 0 Å². The maximum atomic E-state index is 12.9. The lowest BCUT2D eigenvalue weighted by atomic mass is 10.1. The fourth-order valence-electron chi connectivity index (χ4n) is 3.36. The van der Waals surface area contributed by atoms with Crippen LogP contribution in [0.4, 0.5) is 11.4 Å². The molecule has 2 aliphatic heterocycles. The number of carbonyl (C=O) groups excluding carboxylic acids is 3. The zero-order valence-corrected chi connectivity index (χ0v) is 15.3. The van der Waals surface area contributed by atoms with Crippen molar-refractivity contribution in [2.45, 2.75) is 25.4 Å². The third-order valence-corrected chi connectivity index (χ3v) is 4.82. The minimum atomic E-state index is -0.914. The first kappa shape index (κ1) is 17.8. The van der Waals surface area contributed by atoms with Gasteiger partial charge in [0, 0.05) is 5.69 Å². The first-order valence-corrected chi connectivity index (χ1v) is 9.07. The Hall–Kier alpha value is -3.55. The van der Waals surface area contributed by atoms with Crippen LogP contribution in [0.1, 0.15) is 12.5 Å². The fraction of sp³-hybridized carbons (Fsp3) is 0.250. The van der Waals surface area contributed by atoms with Crippen LogP contribution in [0.2, 0.25) is 0 Å². The number of amides is 3. The highest BCUT2D eigenvalue weighted by Crippen LogP contribution is 2.31. The third kappa shape index (κ3) is 3.13. The number of fused-ring (bicyclic) bond motifs is 1. The number of benzene rings is 2. The summed E-state index contributed by atoms with van der Waals surface area (Å²) in [5.74, 6) is -1.18. The zero-order valence-electron chi connectivity index (χ0n) is 15.3. The lowest BCUT2D eigenvalue weighted by Gasteiger charge is -2.20. The number of rotatable bonds is 5. The van der Waals surface area contributed by atoms with Gasteiger partial charge in [0.1, 0.15) is 6.54 Å². The average Bonchev–Trinajstić information content (AvgIpc) is 3.22. The second-order valence-electron chi connectivity index (χ2n) is 6.64. The van der Waals surface area contributed by atoms with Crippen LogP contribution >= 0.6 is 0 Å². The van der Waals surface area contributed by atoms with Gasteiger partial charge in [0.25, 0.3) is 11.8 Å². The number of aryl methyl sites for hydroxylation is 1. The van der Waals surface area contributed by atoms with Crippen LogP contribution in [0.25, 0.3) is 0 Å². The lowest BCUT2D eigenvalue weighted by molar-refractivity contribution is -0.123. The van der Waals surface area contributed by atoms with Gasteiger partial charge in [0.15, 0.2) is 12.1 Å². The van der Waals surface area contributed by atoms with Crippen LogP contribution < -0.4 is 10.2 Å². The molecule has 8 nitrogen and oxygen atoms in total. The zero-order chi connectivity index (χ0) is 19.7. The molecule has 4 rings (SSSR count). The molecule has 0 aliphatic carbocycles. The van der Waals surface area contributed by atoms with E-state index in [0.29, 0.717) is 11.4 Å². The molecule has 2 aromatic rings. The van der Waals surface area contributed by atoms with Gasteiger partial charge in [-0.25, -0.2) is 4.90 Å².